The summed E-state index contributed by atoms with van der Waals surface area (Å²) in [5, 5.41) is 12.8. The molecular formula is C18H27FN2O2. The van der Waals surface area contributed by atoms with Gasteiger partial charge >= 0.3 is 0 Å². The number of carbonyl (C=O) groups excluding carboxylic acids is 1. The van der Waals surface area contributed by atoms with Crippen LogP contribution in [-0.2, 0) is 4.79 Å². The number of rotatable bonds is 7. The minimum absolute atomic E-state index is 0.0330. The summed E-state index contributed by atoms with van der Waals surface area (Å²) in [5.74, 6) is 0.00975. The standard InChI is InChI=1S/C18H27FN2O2/c1-2-8-21-9-6-14(7-10-21)11-18(23)20-13-17(22)15-4-3-5-16(19)12-15/h3-5,12,14,17,22H,2,6-11,13H2,1H3,(H,20,23). The molecule has 0 aromatic heterocycles. The van der Waals surface area contributed by atoms with E-state index in [1.165, 1.54) is 18.6 Å². The Morgan fingerprint density at radius 2 is 2.17 bits per heavy atom. The first-order chi connectivity index (χ1) is 11.1. The number of aliphatic hydroxyl groups is 1. The van der Waals surface area contributed by atoms with Crippen molar-refractivity contribution in [3.63, 3.8) is 0 Å². The van der Waals surface area contributed by atoms with Gasteiger partial charge in [-0.3, -0.25) is 4.79 Å². The molecule has 4 nitrogen and oxygen atoms in total. The first-order valence-corrected chi connectivity index (χ1v) is 8.51. The molecule has 5 heteroatoms. The van der Waals surface area contributed by atoms with E-state index in [1.54, 1.807) is 12.1 Å². The molecule has 2 rings (SSSR count). The van der Waals surface area contributed by atoms with Crippen molar-refractivity contribution in [3.8, 4) is 0 Å². The topological polar surface area (TPSA) is 52.6 Å². The monoisotopic (exact) mass is 322 g/mol. The average Bonchev–Trinajstić information content (AvgIpc) is 2.55. The van der Waals surface area contributed by atoms with Crippen LogP contribution in [0.2, 0.25) is 0 Å². The summed E-state index contributed by atoms with van der Waals surface area (Å²) in [4.78, 5) is 14.5. The molecule has 1 unspecified atom stereocenters. The molecule has 23 heavy (non-hydrogen) atoms. The number of halogens is 1. The number of nitrogens with zero attached hydrogens (tertiary/aromatic N) is 1. The van der Waals surface area contributed by atoms with Crippen LogP contribution in [0.4, 0.5) is 4.39 Å². The minimum Gasteiger partial charge on any atom is -0.387 e. The van der Waals surface area contributed by atoms with Crippen molar-refractivity contribution < 1.29 is 14.3 Å². The Bertz CT molecular complexity index is 502. The number of aliphatic hydroxyl groups excluding tert-OH is 1. The van der Waals surface area contributed by atoms with Gasteiger partial charge in [0.05, 0.1) is 6.10 Å². The highest BCUT2D eigenvalue weighted by atomic mass is 19.1. The molecule has 2 N–H and O–H groups in total. The zero-order valence-corrected chi connectivity index (χ0v) is 13.8. The number of likely N-dealkylation sites (tertiary alicyclic amines) is 1. The fourth-order valence-electron chi connectivity index (χ4n) is 3.11. The van der Waals surface area contributed by atoms with Gasteiger partial charge in [0.25, 0.3) is 0 Å². The molecule has 0 bridgehead atoms. The number of carbonyl (C=O) groups is 1. The maximum atomic E-state index is 13.1. The summed E-state index contributed by atoms with van der Waals surface area (Å²) in [6.45, 7) is 5.58. The maximum Gasteiger partial charge on any atom is 0.220 e. The first kappa shape index (κ1) is 17.9. The Morgan fingerprint density at radius 1 is 1.43 bits per heavy atom. The molecule has 1 fully saturated rings. The number of nitrogens with one attached hydrogen (secondary N) is 1. The summed E-state index contributed by atoms with van der Waals surface area (Å²) in [6, 6.07) is 5.84. The Labute approximate surface area is 137 Å². The smallest absolute Gasteiger partial charge is 0.220 e. The molecule has 1 atom stereocenters. The summed E-state index contributed by atoms with van der Waals surface area (Å²) in [6.07, 6.45) is 2.92. The van der Waals surface area contributed by atoms with E-state index in [0.717, 1.165) is 32.5 Å². The molecule has 1 aromatic rings. The Kier molecular flexibility index (Phi) is 6.99. The van der Waals surface area contributed by atoms with Gasteiger partial charge < -0.3 is 15.3 Å². The van der Waals surface area contributed by atoms with Crippen molar-refractivity contribution in [3.05, 3.63) is 35.6 Å². The van der Waals surface area contributed by atoms with Gasteiger partial charge in [-0.05, 0) is 62.5 Å². The molecule has 1 aliphatic rings. The van der Waals surface area contributed by atoms with Gasteiger partial charge in [0, 0.05) is 13.0 Å². The van der Waals surface area contributed by atoms with Crippen LogP contribution in [0.1, 0.15) is 44.3 Å². The lowest BCUT2D eigenvalue weighted by atomic mass is 9.93. The van der Waals surface area contributed by atoms with E-state index >= 15 is 0 Å². The van der Waals surface area contributed by atoms with Crippen molar-refractivity contribution in [1.29, 1.82) is 0 Å². The summed E-state index contributed by atoms with van der Waals surface area (Å²) in [5.41, 5.74) is 0.484. The zero-order valence-electron chi connectivity index (χ0n) is 13.8. The quantitative estimate of drug-likeness (QED) is 0.811. The first-order valence-electron chi connectivity index (χ1n) is 8.51. The molecule has 0 spiro atoms. The molecule has 1 aliphatic heterocycles. The molecule has 0 radical (unpaired) electrons. The lowest BCUT2D eigenvalue weighted by Crippen LogP contribution is -2.36. The van der Waals surface area contributed by atoms with Crippen LogP contribution in [0, 0.1) is 11.7 Å². The highest BCUT2D eigenvalue weighted by Crippen LogP contribution is 2.20. The molecule has 128 valence electrons. The van der Waals surface area contributed by atoms with E-state index in [4.69, 9.17) is 0 Å². The van der Waals surface area contributed by atoms with Crippen molar-refractivity contribution in [1.82, 2.24) is 10.2 Å². The number of hydrogen-bond donors (Lipinski definition) is 2. The van der Waals surface area contributed by atoms with Gasteiger partial charge in [0.1, 0.15) is 5.82 Å². The second-order valence-electron chi connectivity index (χ2n) is 6.36. The summed E-state index contributed by atoms with van der Waals surface area (Å²) >= 11 is 0. The lowest BCUT2D eigenvalue weighted by Gasteiger charge is -2.31. The summed E-state index contributed by atoms with van der Waals surface area (Å²) < 4.78 is 13.1. The normalized spacial score (nSPS) is 17.9. The second kappa shape index (κ2) is 8.99. The fourth-order valence-corrected chi connectivity index (χ4v) is 3.11. The zero-order chi connectivity index (χ0) is 16.7. The molecule has 1 aromatic carbocycles. The summed E-state index contributed by atoms with van der Waals surface area (Å²) in [7, 11) is 0. The third-order valence-electron chi connectivity index (χ3n) is 4.45. The van der Waals surface area contributed by atoms with Gasteiger partial charge in [-0.1, -0.05) is 19.1 Å². The average molecular weight is 322 g/mol. The van der Waals surface area contributed by atoms with Crippen LogP contribution < -0.4 is 5.32 Å². The molecule has 1 amide bonds. The minimum atomic E-state index is -0.874. The van der Waals surface area contributed by atoms with E-state index in [0.29, 0.717) is 17.9 Å². The Morgan fingerprint density at radius 3 is 2.83 bits per heavy atom. The van der Waals surface area contributed by atoms with E-state index in [2.05, 4.69) is 17.1 Å². The largest absolute Gasteiger partial charge is 0.387 e. The van der Waals surface area contributed by atoms with Crippen LogP contribution in [0.5, 0.6) is 0 Å². The third-order valence-corrected chi connectivity index (χ3v) is 4.45. The fraction of sp³-hybridized carbons (Fsp3) is 0.611. The SMILES string of the molecule is CCCN1CCC(CC(=O)NCC(O)c2cccc(F)c2)CC1. The molecule has 0 aliphatic carbocycles. The molecular weight excluding hydrogens is 295 g/mol. The molecule has 1 heterocycles. The highest BCUT2D eigenvalue weighted by molar-refractivity contribution is 5.76. The number of amides is 1. The maximum absolute atomic E-state index is 13.1. The van der Waals surface area contributed by atoms with Gasteiger partial charge in [0.15, 0.2) is 0 Å². The van der Waals surface area contributed by atoms with Crippen LogP contribution in [-0.4, -0.2) is 42.1 Å². The Hall–Kier alpha value is -1.46. The number of benzene rings is 1. The van der Waals surface area contributed by atoms with Gasteiger partial charge in [0.2, 0.25) is 5.91 Å². The predicted octanol–water partition coefficient (Wildman–Crippen LogP) is 2.49. The predicted molar refractivity (Wildman–Crippen MR) is 88.4 cm³/mol. The Balaban J connectivity index is 1.69. The van der Waals surface area contributed by atoms with Crippen LogP contribution in [0.15, 0.2) is 24.3 Å². The van der Waals surface area contributed by atoms with Gasteiger partial charge in [-0.2, -0.15) is 0 Å². The van der Waals surface area contributed by atoms with Gasteiger partial charge in [-0.25, -0.2) is 4.39 Å². The third kappa shape index (κ3) is 5.92. The van der Waals surface area contributed by atoms with Crippen LogP contribution in [0.25, 0.3) is 0 Å². The number of hydrogen-bond acceptors (Lipinski definition) is 3. The van der Waals surface area contributed by atoms with E-state index in [-0.39, 0.29) is 18.3 Å². The molecule has 1 saturated heterocycles. The van der Waals surface area contributed by atoms with Crippen molar-refractivity contribution >= 4 is 5.91 Å². The van der Waals surface area contributed by atoms with Crippen molar-refractivity contribution in [2.45, 2.75) is 38.7 Å². The molecule has 0 saturated carbocycles. The van der Waals surface area contributed by atoms with E-state index < -0.39 is 6.10 Å². The van der Waals surface area contributed by atoms with Gasteiger partial charge in [-0.15, -0.1) is 0 Å². The highest BCUT2D eigenvalue weighted by Gasteiger charge is 2.21. The van der Waals surface area contributed by atoms with Crippen LogP contribution in [0.3, 0.4) is 0 Å². The van der Waals surface area contributed by atoms with Crippen molar-refractivity contribution in [2.24, 2.45) is 5.92 Å². The lowest BCUT2D eigenvalue weighted by molar-refractivity contribution is -0.122. The van der Waals surface area contributed by atoms with E-state index in [9.17, 15) is 14.3 Å². The van der Waals surface area contributed by atoms with Crippen molar-refractivity contribution in [2.75, 3.05) is 26.2 Å². The second-order valence-corrected chi connectivity index (χ2v) is 6.36. The van der Waals surface area contributed by atoms with Crippen LogP contribution >= 0.6 is 0 Å². The number of piperidine rings is 1. The van der Waals surface area contributed by atoms with E-state index in [1.807, 2.05) is 0 Å².